The summed E-state index contributed by atoms with van der Waals surface area (Å²) in [5, 5.41) is 0. The molecule has 1 aliphatic carbocycles. The van der Waals surface area contributed by atoms with E-state index in [4.69, 9.17) is 10.5 Å². The first-order valence-corrected chi connectivity index (χ1v) is 6.95. The summed E-state index contributed by atoms with van der Waals surface area (Å²) >= 11 is 0. The SMILES string of the molecule is COCCCS(=O)(=O)NC1CCCC1N. The summed E-state index contributed by atoms with van der Waals surface area (Å²) in [6, 6.07) is -0.0975. The second kappa shape index (κ2) is 5.79. The molecular formula is C9H20N2O3S. The topological polar surface area (TPSA) is 81.4 Å². The number of rotatable bonds is 6. The molecule has 0 saturated heterocycles. The maximum Gasteiger partial charge on any atom is 0.211 e. The second-order valence-corrected chi connectivity index (χ2v) is 5.86. The fourth-order valence-corrected chi connectivity index (χ4v) is 3.19. The van der Waals surface area contributed by atoms with Gasteiger partial charge in [-0.1, -0.05) is 6.42 Å². The molecule has 0 aromatic carbocycles. The molecule has 0 amide bonds. The van der Waals surface area contributed by atoms with Gasteiger partial charge in [0.25, 0.3) is 0 Å². The molecule has 0 radical (unpaired) electrons. The second-order valence-electron chi connectivity index (χ2n) is 3.98. The lowest BCUT2D eigenvalue weighted by molar-refractivity contribution is 0.199. The van der Waals surface area contributed by atoms with Gasteiger partial charge in [-0.2, -0.15) is 0 Å². The molecule has 0 heterocycles. The Hall–Kier alpha value is -0.170. The predicted molar refractivity (Wildman–Crippen MR) is 59.0 cm³/mol. The third kappa shape index (κ3) is 4.46. The van der Waals surface area contributed by atoms with Gasteiger partial charge in [0.2, 0.25) is 10.0 Å². The molecule has 15 heavy (non-hydrogen) atoms. The van der Waals surface area contributed by atoms with Crippen LogP contribution in [0, 0.1) is 0 Å². The molecule has 2 unspecified atom stereocenters. The van der Waals surface area contributed by atoms with E-state index < -0.39 is 10.0 Å². The molecule has 1 saturated carbocycles. The van der Waals surface area contributed by atoms with Crippen LogP contribution < -0.4 is 10.5 Å². The van der Waals surface area contributed by atoms with Crippen LogP contribution in [-0.2, 0) is 14.8 Å². The van der Waals surface area contributed by atoms with Crippen LogP contribution in [0.3, 0.4) is 0 Å². The van der Waals surface area contributed by atoms with Crippen molar-refractivity contribution in [2.45, 2.75) is 37.8 Å². The van der Waals surface area contributed by atoms with Crippen molar-refractivity contribution < 1.29 is 13.2 Å². The molecule has 0 bridgehead atoms. The zero-order valence-corrected chi connectivity index (χ0v) is 9.92. The van der Waals surface area contributed by atoms with E-state index in [1.54, 1.807) is 7.11 Å². The lowest BCUT2D eigenvalue weighted by Gasteiger charge is -2.17. The Morgan fingerprint density at radius 1 is 1.47 bits per heavy atom. The van der Waals surface area contributed by atoms with Gasteiger partial charge in [-0.25, -0.2) is 13.1 Å². The van der Waals surface area contributed by atoms with E-state index in [-0.39, 0.29) is 17.8 Å². The Labute approximate surface area is 91.4 Å². The van der Waals surface area contributed by atoms with E-state index in [2.05, 4.69) is 4.72 Å². The zero-order chi connectivity index (χ0) is 11.3. The van der Waals surface area contributed by atoms with E-state index in [9.17, 15) is 8.42 Å². The van der Waals surface area contributed by atoms with Gasteiger partial charge in [0, 0.05) is 25.8 Å². The maximum atomic E-state index is 11.6. The van der Waals surface area contributed by atoms with Crippen molar-refractivity contribution in [2.75, 3.05) is 19.5 Å². The van der Waals surface area contributed by atoms with Crippen molar-refractivity contribution in [3.63, 3.8) is 0 Å². The summed E-state index contributed by atoms with van der Waals surface area (Å²) in [5.41, 5.74) is 5.79. The van der Waals surface area contributed by atoms with E-state index >= 15 is 0 Å². The average Bonchev–Trinajstić information content (AvgIpc) is 2.51. The Balaban J connectivity index is 2.35. The minimum Gasteiger partial charge on any atom is -0.385 e. The van der Waals surface area contributed by atoms with Gasteiger partial charge in [-0.15, -0.1) is 0 Å². The third-order valence-corrected chi connectivity index (χ3v) is 4.15. The van der Waals surface area contributed by atoms with Crippen LogP contribution in [0.15, 0.2) is 0 Å². The highest BCUT2D eigenvalue weighted by Gasteiger charge is 2.27. The Kier molecular flexibility index (Phi) is 4.98. The number of nitrogens with one attached hydrogen (secondary N) is 1. The van der Waals surface area contributed by atoms with Crippen LogP contribution in [0.1, 0.15) is 25.7 Å². The fraction of sp³-hybridized carbons (Fsp3) is 1.00. The van der Waals surface area contributed by atoms with Gasteiger partial charge in [-0.3, -0.25) is 0 Å². The van der Waals surface area contributed by atoms with E-state index in [0.717, 1.165) is 19.3 Å². The molecule has 1 aliphatic rings. The van der Waals surface area contributed by atoms with Gasteiger partial charge in [0.05, 0.1) is 5.75 Å². The van der Waals surface area contributed by atoms with Crippen molar-refractivity contribution in [3.05, 3.63) is 0 Å². The van der Waals surface area contributed by atoms with Crippen molar-refractivity contribution in [3.8, 4) is 0 Å². The maximum absolute atomic E-state index is 11.6. The van der Waals surface area contributed by atoms with Crippen LogP contribution in [0.2, 0.25) is 0 Å². The van der Waals surface area contributed by atoms with Crippen LogP contribution in [0.4, 0.5) is 0 Å². The number of nitrogens with two attached hydrogens (primary N) is 1. The summed E-state index contributed by atoms with van der Waals surface area (Å²) < 4.78 is 30.6. The minimum atomic E-state index is -3.18. The lowest BCUT2D eigenvalue weighted by atomic mass is 10.2. The van der Waals surface area contributed by atoms with Crippen LogP contribution in [-0.4, -0.2) is 40.0 Å². The van der Waals surface area contributed by atoms with Crippen LogP contribution in [0.25, 0.3) is 0 Å². The summed E-state index contributed by atoms with van der Waals surface area (Å²) in [5.74, 6) is 0.115. The molecule has 0 aromatic heterocycles. The Morgan fingerprint density at radius 3 is 2.73 bits per heavy atom. The number of hydrogen-bond acceptors (Lipinski definition) is 4. The summed E-state index contributed by atoms with van der Waals surface area (Å²) in [7, 11) is -1.62. The average molecular weight is 236 g/mol. The quantitative estimate of drug-likeness (QED) is 0.627. The highest BCUT2D eigenvalue weighted by atomic mass is 32.2. The molecule has 1 rings (SSSR count). The van der Waals surface area contributed by atoms with Crippen molar-refractivity contribution in [1.82, 2.24) is 4.72 Å². The molecule has 5 nitrogen and oxygen atoms in total. The summed E-state index contributed by atoms with van der Waals surface area (Å²) in [4.78, 5) is 0. The normalized spacial score (nSPS) is 27.1. The van der Waals surface area contributed by atoms with Crippen molar-refractivity contribution in [1.29, 1.82) is 0 Å². The monoisotopic (exact) mass is 236 g/mol. The first-order chi connectivity index (χ1) is 7.05. The molecule has 0 spiro atoms. The minimum absolute atomic E-state index is 0.0257. The van der Waals surface area contributed by atoms with E-state index in [1.165, 1.54) is 0 Å². The number of hydrogen-bond donors (Lipinski definition) is 2. The molecule has 90 valence electrons. The molecule has 6 heteroatoms. The largest absolute Gasteiger partial charge is 0.385 e. The van der Waals surface area contributed by atoms with Crippen LogP contribution in [0.5, 0.6) is 0 Å². The molecule has 0 aliphatic heterocycles. The fourth-order valence-electron chi connectivity index (χ4n) is 1.82. The highest BCUT2D eigenvalue weighted by molar-refractivity contribution is 7.89. The van der Waals surface area contributed by atoms with Gasteiger partial charge in [0.1, 0.15) is 0 Å². The summed E-state index contributed by atoms with van der Waals surface area (Å²) in [6.45, 7) is 0.470. The molecule has 1 fully saturated rings. The van der Waals surface area contributed by atoms with Gasteiger partial charge < -0.3 is 10.5 Å². The standard InChI is InChI=1S/C9H20N2O3S/c1-14-6-3-7-15(12,13)11-9-5-2-4-8(9)10/h8-9,11H,2-7,10H2,1H3. The highest BCUT2D eigenvalue weighted by Crippen LogP contribution is 2.17. The molecular weight excluding hydrogens is 216 g/mol. The smallest absolute Gasteiger partial charge is 0.211 e. The van der Waals surface area contributed by atoms with Gasteiger partial charge >= 0.3 is 0 Å². The molecule has 0 aromatic rings. The summed E-state index contributed by atoms with van der Waals surface area (Å²) in [6.07, 6.45) is 3.29. The molecule has 3 N–H and O–H groups in total. The predicted octanol–water partition coefficient (Wildman–Crippen LogP) is -0.178. The number of ether oxygens (including phenoxy) is 1. The van der Waals surface area contributed by atoms with E-state index in [1.807, 2.05) is 0 Å². The van der Waals surface area contributed by atoms with Gasteiger partial charge in [0.15, 0.2) is 0 Å². The van der Waals surface area contributed by atoms with E-state index in [0.29, 0.717) is 13.0 Å². The third-order valence-electron chi connectivity index (χ3n) is 2.66. The van der Waals surface area contributed by atoms with Gasteiger partial charge in [-0.05, 0) is 19.3 Å². The lowest BCUT2D eigenvalue weighted by Crippen LogP contribution is -2.44. The van der Waals surface area contributed by atoms with Crippen LogP contribution >= 0.6 is 0 Å². The first kappa shape index (κ1) is 12.9. The number of sulfonamides is 1. The zero-order valence-electron chi connectivity index (χ0n) is 9.11. The van der Waals surface area contributed by atoms with Crippen molar-refractivity contribution >= 4 is 10.0 Å². The number of methoxy groups -OCH3 is 1. The Bertz CT molecular complexity index is 279. The Morgan fingerprint density at radius 2 is 2.20 bits per heavy atom. The molecule has 2 atom stereocenters. The first-order valence-electron chi connectivity index (χ1n) is 5.29. The van der Waals surface area contributed by atoms with Crippen molar-refractivity contribution in [2.24, 2.45) is 5.73 Å².